The third kappa shape index (κ3) is 10.4. The lowest BCUT2D eigenvalue weighted by atomic mass is 10.1. The van der Waals surface area contributed by atoms with Gasteiger partial charge in [0.25, 0.3) is 0 Å². The number of carboxylic acids is 3. The third-order valence-electron chi connectivity index (χ3n) is 3.19. The SMILES string of the molecule is CC(NC(=O)CNC(=O)C(N)CCC(=O)O)C(=O)NC(CC(=O)O)C(=O)O. The van der Waals surface area contributed by atoms with Crippen molar-refractivity contribution >= 4 is 35.6 Å². The third-order valence-corrected chi connectivity index (χ3v) is 3.19. The van der Waals surface area contributed by atoms with E-state index in [9.17, 15) is 28.8 Å². The summed E-state index contributed by atoms with van der Waals surface area (Å²) in [7, 11) is 0. The van der Waals surface area contributed by atoms with Gasteiger partial charge >= 0.3 is 17.9 Å². The van der Waals surface area contributed by atoms with Crippen molar-refractivity contribution in [2.24, 2.45) is 5.73 Å². The van der Waals surface area contributed by atoms with Gasteiger partial charge in [0.15, 0.2) is 0 Å². The highest BCUT2D eigenvalue weighted by Crippen LogP contribution is 1.96. The van der Waals surface area contributed by atoms with Crippen LogP contribution in [-0.4, -0.2) is 75.6 Å². The van der Waals surface area contributed by atoms with Crippen molar-refractivity contribution in [1.82, 2.24) is 16.0 Å². The van der Waals surface area contributed by atoms with E-state index in [2.05, 4.69) is 10.6 Å². The second-order valence-corrected chi connectivity index (χ2v) is 5.54. The molecule has 13 nitrogen and oxygen atoms in total. The van der Waals surface area contributed by atoms with Crippen molar-refractivity contribution in [2.75, 3.05) is 6.54 Å². The molecule has 0 spiro atoms. The smallest absolute Gasteiger partial charge is 0.326 e. The molecule has 13 heteroatoms. The Bertz CT molecular complexity index is 607. The highest BCUT2D eigenvalue weighted by molar-refractivity contribution is 5.93. The van der Waals surface area contributed by atoms with E-state index in [0.29, 0.717) is 0 Å². The number of amides is 3. The zero-order valence-electron chi connectivity index (χ0n) is 14.4. The molecule has 0 aromatic rings. The maximum Gasteiger partial charge on any atom is 0.326 e. The molecule has 0 bridgehead atoms. The largest absolute Gasteiger partial charge is 0.481 e. The molecule has 0 aliphatic heterocycles. The number of aliphatic carboxylic acids is 3. The summed E-state index contributed by atoms with van der Waals surface area (Å²) >= 11 is 0. The van der Waals surface area contributed by atoms with Crippen LogP contribution in [0.2, 0.25) is 0 Å². The van der Waals surface area contributed by atoms with Gasteiger partial charge < -0.3 is 37.0 Å². The van der Waals surface area contributed by atoms with Crippen LogP contribution in [0.3, 0.4) is 0 Å². The fourth-order valence-electron chi connectivity index (χ4n) is 1.74. The van der Waals surface area contributed by atoms with Gasteiger partial charge in [-0.1, -0.05) is 0 Å². The van der Waals surface area contributed by atoms with Crippen LogP contribution < -0.4 is 21.7 Å². The van der Waals surface area contributed by atoms with Crippen LogP contribution in [0, 0.1) is 0 Å². The Morgan fingerprint density at radius 2 is 1.52 bits per heavy atom. The van der Waals surface area contributed by atoms with Crippen LogP contribution in [-0.2, 0) is 28.8 Å². The van der Waals surface area contributed by atoms with Gasteiger partial charge in [0, 0.05) is 6.42 Å². The predicted octanol–water partition coefficient (Wildman–Crippen LogP) is -3.16. The summed E-state index contributed by atoms with van der Waals surface area (Å²) in [5, 5.41) is 32.3. The van der Waals surface area contributed by atoms with Crippen LogP contribution in [0.5, 0.6) is 0 Å². The average molecular weight is 390 g/mol. The van der Waals surface area contributed by atoms with Gasteiger partial charge in [-0.3, -0.25) is 24.0 Å². The first-order chi connectivity index (χ1) is 12.4. The van der Waals surface area contributed by atoms with Crippen molar-refractivity contribution in [3.05, 3.63) is 0 Å². The minimum Gasteiger partial charge on any atom is -0.481 e. The monoisotopic (exact) mass is 390 g/mol. The second kappa shape index (κ2) is 11.4. The summed E-state index contributed by atoms with van der Waals surface area (Å²) in [4.78, 5) is 67.0. The fraction of sp³-hybridized carbons (Fsp3) is 0.571. The maximum atomic E-state index is 11.8. The van der Waals surface area contributed by atoms with Gasteiger partial charge in [0.1, 0.15) is 12.1 Å². The van der Waals surface area contributed by atoms with Crippen molar-refractivity contribution in [2.45, 2.75) is 44.3 Å². The summed E-state index contributed by atoms with van der Waals surface area (Å²) in [5.74, 6) is -6.58. The van der Waals surface area contributed by atoms with Gasteiger partial charge in [0.2, 0.25) is 17.7 Å². The first-order valence-corrected chi connectivity index (χ1v) is 7.73. The van der Waals surface area contributed by atoms with Crippen LogP contribution in [0.1, 0.15) is 26.2 Å². The molecule has 0 heterocycles. The molecule has 0 aliphatic rings. The van der Waals surface area contributed by atoms with E-state index in [-0.39, 0.29) is 12.8 Å². The Kier molecular flexibility index (Phi) is 10.0. The zero-order valence-corrected chi connectivity index (χ0v) is 14.4. The standard InChI is InChI=1S/C14H22N4O9/c1-6(12(24)18-8(14(26)27)4-11(22)23)17-9(19)5-16-13(25)7(15)2-3-10(20)21/h6-8H,2-5,15H2,1H3,(H,16,25)(H,17,19)(H,18,24)(H,20,21)(H,22,23)(H,26,27). The molecule has 0 radical (unpaired) electrons. The quantitative estimate of drug-likeness (QED) is 0.177. The highest BCUT2D eigenvalue weighted by Gasteiger charge is 2.26. The molecular weight excluding hydrogens is 368 g/mol. The minimum atomic E-state index is -1.67. The highest BCUT2D eigenvalue weighted by atomic mass is 16.4. The number of carbonyl (C=O) groups is 6. The van der Waals surface area contributed by atoms with Crippen LogP contribution in [0.15, 0.2) is 0 Å². The molecule has 0 aromatic heterocycles. The van der Waals surface area contributed by atoms with Crippen LogP contribution in [0.4, 0.5) is 0 Å². The molecule has 3 unspecified atom stereocenters. The zero-order chi connectivity index (χ0) is 21.1. The summed E-state index contributed by atoms with van der Waals surface area (Å²) in [6.07, 6.45) is -1.28. The molecule has 0 saturated heterocycles. The van der Waals surface area contributed by atoms with E-state index in [1.54, 1.807) is 0 Å². The van der Waals surface area contributed by atoms with Gasteiger partial charge in [-0.05, 0) is 13.3 Å². The molecule has 8 N–H and O–H groups in total. The molecular formula is C14H22N4O9. The van der Waals surface area contributed by atoms with Gasteiger partial charge in [0.05, 0.1) is 19.0 Å². The molecule has 0 aliphatic carbocycles. The Morgan fingerprint density at radius 1 is 0.926 bits per heavy atom. The normalized spacial score (nSPS) is 13.6. The van der Waals surface area contributed by atoms with Gasteiger partial charge in [-0.2, -0.15) is 0 Å². The lowest BCUT2D eigenvalue weighted by Crippen LogP contribution is -2.53. The minimum absolute atomic E-state index is 0.123. The Balaban J connectivity index is 4.41. The first-order valence-electron chi connectivity index (χ1n) is 7.73. The molecule has 0 saturated carbocycles. The topological polar surface area (TPSA) is 225 Å². The molecule has 3 amide bonds. The predicted molar refractivity (Wildman–Crippen MR) is 87.3 cm³/mol. The summed E-state index contributed by atoms with van der Waals surface area (Å²) in [5.41, 5.74) is 5.45. The Morgan fingerprint density at radius 3 is 2.00 bits per heavy atom. The molecule has 27 heavy (non-hydrogen) atoms. The molecule has 0 aromatic carbocycles. The van der Waals surface area contributed by atoms with Crippen LogP contribution >= 0.6 is 0 Å². The van der Waals surface area contributed by atoms with Crippen molar-refractivity contribution in [3.63, 3.8) is 0 Å². The lowest BCUT2D eigenvalue weighted by Gasteiger charge is -2.18. The van der Waals surface area contributed by atoms with Gasteiger partial charge in [-0.25, -0.2) is 4.79 Å². The summed E-state index contributed by atoms with van der Waals surface area (Å²) in [6, 6.07) is -3.99. The van der Waals surface area contributed by atoms with E-state index in [1.165, 1.54) is 6.92 Å². The van der Waals surface area contributed by atoms with E-state index < -0.39 is 66.7 Å². The van der Waals surface area contributed by atoms with E-state index in [1.807, 2.05) is 5.32 Å². The number of rotatable bonds is 12. The molecule has 152 valence electrons. The fourth-order valence-corrected chi connectivity index (χ4v) is 1.74. The Labute approximate surface area is 153 Å². The number of nitrogens with two attached hydrogens (primary N) is 1. The number of carboxylic acid groups (broad SMARTS) is 3. The molecule has 3 atom stereocenters. The number of hydrogen-bond donors (Lipinski definition) is 7. The van der Waals surface area contributed by atoms with Crippen molar-refractivity contribution in [1.29, 1.82) is 0 Å². The average Bonchev–Trinajstić information content (AvgIpc) is 2.55. The number of carbonyl (C=O) groups excluding carboxylic acids is 3. The van der Waals surface area contributed by atoms with E-state index >= 15 is 0 Å². The summed E-state index contributed by atoms with van der Waals surface area (Å²) < 4.78 is 0. The molecule has 0 rings (SSSR count). The first kappa shape index (κ1) is 23.8. The van der Waals surface area contributed by atoms with Crippen LogP contribution in [0.25, 0.3) is 0 Å². The van der Waals surface area contributed by atoms with Crippen molar-refractivity contribution < 1.29 is 44.1 Å². The second-order valence-electron chi connectivity index (χ2n) is 5.54. The number of hydrogen-bond acceptors (Lipinski definition) is 7. The number of nitrogens with one attached hydrogen (secondary N) is 3. The van der Waals surface area contributed by atoms with Gasteiger partial charge in [-0.15, -0.1) is 0 Å². The van der Waals surface area contributed by atoms with E-state index in [0.717, 1.165) is 0 Å². The lowest BCUT2D eigenvalue weighted by molar-refractivity contribution is -0.147. The van der Waals surface area contributed by atoms with Crippen molar-refractivity contribution in [3.8, 4) is 0 Å². The summed E-state index contributed by atoms with van der Waals surface area (Å²) in [6.45, 7) is 0.683. The Hall–Kier alpha value is -3.22. The molecule has 0 fully saturated rings. The maximum absolute atomic E-state index is 11.8. The van der Waals surface area contributed by atoms with E-state index in [4.69, 9.17) is 21.1 Å².